The smallest absolute Gasteiger partial charge is 0.123 e. The van der Waals surface area contributed by atoms with Crippen LogP contribution in [0.15, 0.2) is 24.3 Å². The maximum atomic E-state index is 5.33. The molecule has 1 saturated carbocycles. The number of ether oxygens (including phenoxy) is 1. The summed E-state index contributed by atoms with van der Waals surface area (Å²) < 4.78 is 5.33. The Morgan fingerprint density at radius 1 is 1.29 bits per heavy atom. The first-order valence-corrected chi connectivity index (χ1v) is 6.06. The summed E-state index contributed by atoms with van der Waals surface area (Å²) in [6, 6.07) is 8.21. The van der Waals surface area contributed by atoms with E-state index >= 15 is 0 Å². The summed E-state index contributed by atoms with van der Waals surface area (Å²) >= 11 is 0. The summed E-state index contributed by atoms with van der Waals surface area (Å²) in [4.78, 5) is 0. The second-order valence-electron chi connectivity index (χ2n) is 5.08. The van der Waals surface area contributed by atoms with E-state index in [4.69, 9.17) is 4.74 Å². The molecule has 1 aliphatic carbocycles. The average molecular weight is 256 g/mol. The monoisotopic (exact) mass is 255 g/mol. The molecule has 0 aromatic heterocycles. The Morgan fingerprint density at radius 2 is 2.00 bits per heavy atom. The molecule has 2 rings (SSSR count). The van der Waals surface area contributed by atoms with Crippen LogP contribution in [-0.2, 0) is 6.54 Å². The molecule has 2 nitrogen and oxygen atoms in total. The molecule has 0 bridgehead atoms. The van der Waals surface area contributed by atoms with Gasteiger partial charge in [-0.15, -0.1) is 12.4 Å². The van der Waals surface area contributed by atoms with Crippen molar-refractivity contribution in [2.75, 3.05) is 13.7 Å². The lowest BCUT2D eigenvalue weighted by molar-refractivity contribution is 0.156. The van der Waals surface area contributed by atoms with E-state index in [0.29, 0.717) is 5.41 Å². The number of methoxy groups -OCH3 is 1. The van der Waals surface area contributed by atoms with Crippen molar-refractivity contribution in [1.29, 1.82) is 0 Å². The summed E-state index contributed by atoms with van der Waals surface area (Å²) in [5.41, 5.74) is 1.79. The fourth-order valence-electron chi connectivity index (χ4n) is 2.31. The van der Waals surface area contributed by atoms with Gasteiger partial charge in [-0.25, -0.2) is 0 Å². The zero-order valence-corrected chi connectivity index (χ0v) is 11.5. The molecule has 17 heavy (non-hydrogen) atoms. The molecular weight excluding hydrogens is 234 g/mol. The third-order valence-electron chi connectivity index (χ3n) is 3.62. The van der Waals surface area contributed by atoms with Crippen molar-refractivity contribution < 1.29 is 4.74 Å². The first-order valence-electron chi connectivity index (χ1n) is 6.06. The van der Waals surface area contributed by atoms with Crippen molar-refractivity contribution in [2.45, 2.75) is 32.7 Å². The minimum absolute atomic E-state index is 0. The van der Waals surface area contributed by atoms with Crippen LogP contribution in [0.4, 0.5) is 0 Å². The van der Waals surface area contributed by atoms with E-state index in [1.807, 2.05) is 12.1 Å². The van der Waals surface area contributed by atoms with Crippen molar-refractivity contribution in [1.82, 2.24) is 5.32 Å². The molecule has 1 N–H and O–H groups in total. The molecule has 1 aromatic rings. The van der Waals surface area contributed by atoms with Crippen LogP contribution in [0.1, 0.15) is 31.7 Å². The largest absolute Gasteiger partial charge is 0.496 e. The van der Waals surface area contributed by atoms with Gasteiger partial charge in [0.1, 0.15) is 5.75 Å². The van der Waals surface area contributed by atoms with Gasteiger partial charge in [0, 0.05) is 18.7 Å². The van der Waals surface area contributed by atoms with E-state index in [-0.39, 0.29) is 12.4 Å². The second kappa shape index (κ2) is 6.27. The molecule has 96 valence electrons. The predicted molar refractivity (Wildman–Crippen MR) is 73.9 cm³/mol. The highest BCUT2D eigenvalue weighted by Gasteiger charge is 2.30. The Morgan fingerprint density at radius 3 is 2.59 bits per heavy atom. The van der Waals surface area contributed by atoms with Crippen molar-refractivity contribution in [2.24, 2.45) is 5.41 Å². The van der Waals surface area contributed by atoms with Crippen LogP contribution in [0.25, 0.3) is 0 Å². The SMILES string of the molecule is COc1ccccc1CNCC1(C)CCC1.Cl. The van der Waals surface area contributed by atoms with E-state index in [0.717, 1.165) is 18.8 Å². The van der Waals surface area contributed by atoms with E-state index in [1.165, 1.54) is 24.8 Å². The highest BCUT2D eigenvalue weighted by Crippen LogP contribution is 2.39. The number of hydrogen-bond acceptors (Lipinski definition) is 2. The molecule has 0 aliphatic heterocycles. The Bertz CT molecular complexity index is 350. The van der Waals surface area contributed by atoms with Gasteiger partial charge >= 0.3 is 0 Å². The van der Waals surface area contributed by atoms with Crippen LogP contribution in [0, 0.1) is 5.41 Å². The molecule has 0 radical (unpaired) electrons. The van der Waals surface area contributed by atoms with Gasteiger partial charge in [0.05, 0.1) is 7.11 Å². The number of hydrogen-bond donors (Lipinski definition) is 1. The Labute approximate surface area is 110 Å². The van der Waals surface area contributed by atoms with Crippen LogP contribution in [0.5, 0.6) is 5.75 Å². The Kier molecular flexibility index (Phi) is 5.29. The van der Waals surface area contributed by atoms with Crippen LogP contribution in [0.3, 0.4) is 0 Å². The minimum Gasteiger partial charge on any atom is -0.496 e. The molecule has 0 unspecified atom stereocenters. The van der Waals surface area contributed by atoms with Gasteiger partial charge in [-0.05, 0) is 24.3 Å². The first-order chi connectivity index (χ1) is 7.73. The van der Waals surface area contributed by atoms with E-state index in [9.17, 15) is 0 Å². The van der Waals surface area contributed by atoms with Crippen molar-refractivity contribution in [3.8, 4) is 5.75 Å². The number of benzene rings is 1. The predicted octanol–water partition coefficient (Wildman–Crippen LogP) is 3.40. The summed E-state index contributed by atoms with van der Waals surface area (Å²) in [6.45, 7) is 4.39. The van der Waals surface area contributed by atoms with Crippen LogP contribution in [0.2, 0.25) is 0 Å². The highest BCUT2D eigenvalue weighted by molar-refractivity contribution is 5.85. The zero-order chi connectivity index (χ0) is 11.4. The molecule has 0 amide bonds. The average Bonchev–Trinajstić information content (AvgIpc) is 2.27. The molecule has 0 heterocycles. The third kappa shape index (κ3) is 3.62. The van der Waals surface area contributed by atoms with E-state index < -0.39 is 0 Å². The molecule has 3 heteroatoms. The zero-order valence-electron chi connectivity index (χ0n) is 10.7. The second-order valence-corrected chi connectivity index (χ2v) is 5.08. The molecule has 1 fully saturated rings. The quantitative estimate of drug-likeness (QED) is 0.871. The van der Waals surface area contributed by atoms with Crippen LogP contribution < -0.4 is 10.1 Å². The summed E-state index contributed by atoms with van der Waals surface area (Å²) in [7, 11) is 1.73. The highest BCUT2D eigenvalue weighted by atomic mass is 35.5. The molecule has 1 aromatic carbocycles. The van der Waals surface area contributed by atoms with Crippen molar-refractivity contribution >= 4 is 12.4 Å². The normalized spacial score (nSPS) is 16.8. The Balaban J connectivity index is 0.00000144. The summed E-state index contributed by atoms with van der Waals surface area (Å²) in [5.74, 6) is 0.980. The first kappa shape index (κ1) is 14.3. The third-order valence-corrected chi connectivity index (χ3v) is 3.62. The summed E-state index contributed by atoms with van der Waals surface area (Å²) in [6.07, 6.45) is 4.13. The summed E-state index contributed by atoms with van der Waals surface area (Å²) in [5, 5.41) is 3.54. The maximum absolute atomic E-state index is 5.33. The van der Waals surface area contributed by atoms with Crippen LogP contribution >= 0.6 is 12.4 Å². The van der Waals surface area contributed by atoms with Gasteiger partial charge in [-0.2, -0.15) is 0 Å². The van der Waals surface area contributed by atoms with E-state index in [1.54, 1.807) is 7.11 Å². The van der Waals surface area contributed by atoms with Gasteiger partial charge < -0.3 is 10.1 Å². The molecular formula is C14H22ClNO. The molecule has 0 atom stereocenters. The van der Waals surface area contributed by atoms with Gasteiger partial charge in [0.25, 0.3) is 0 Å². The number of nitrogens with one attached hydrogen (secondary N) is 1. The maximum Gasteiger partial charge on any atom is 0.123 e. The minimum atomic E-state index is 0. The Hall–Kier alpha value is -0.730. The van der Waals surface area contributed by atoms with Gasteiger partial charge in [-0.1, -0.05) is 31.5 Å². The standard InChI is InChI=1S/C14H21NO.ClH/c1-14(8-5-9-14)11-15-10-12-6-3-4-7-13(12)16-2;/h3-4,6-7,15H,5,8-11H2,1-2H3;1H. The van der Waals surface area contributed by atoms with Crippen molar-refractivity contribution in [3.05, 3.63) is 29.8 Å². The molecule has 0 saturated heterocycles. The number of para-hydroxylation sites is 1. The van der Waals surface area contributed by atoms with Crippen molar-refractivity contribution in [3.63, 3.8) is 0 Å². The lowest BCUT2D eigenvalue weighted by atomic mass is 9.70. The van der Waals surface area contributed by atoms with Gasteiger partial charge in [-0.3, -0.25) is 0 Å². The van der Waals surface area contributed by atoms with Crippen LogP contribution in [-0.4, -0.2) is 13.7 Å². The lowest BCUT2D eigenvalue weighted by Gasteiger charge is -2.38. The van der Waals surface area contributed by atoms with Gasteiger partial charge in [0.15, 0.2) is 0 Å². The number of halogens is 1. The lowest BCUT2D eigenvalue weighted by Crippen LogP contribution is -2.37. The topological polar surface area (TPSA) is 21.3 Å². The van der Waals surface area contributed by atoms with E-state index in [2.05, 4.69) is 24.4 Å². The fourth-order valence-corrected chi connectivity index (χ4v) is 2.31. The molecule has 0 spiro atoms. The van der Waals surface area contributed by atoms with Gasteiger partial charge in [0.2, 0.25) is 0 Å². The number of rotatable bonds is 5. The fraction of sp³-hybridized carbons (Fsp3) is 0.571. The molecule has 1 aliphatic rings.